The molecule has 2 aromatic rings. The van der Waals surface area contributed by atoms with E-state index in [0.717, 1.165) is 19.4 Å². The minimum atomic E-state index is -0.384. The van der Waals surface area contributed by atoms with E-state index in [9.17, 15) is 14.0 Å². The summed E-state index contributed by atoms with van der Waals surface area (Å²) in [5.41, 5.74) is 1.00. The van der Waals surface area contributed by atoms with Gasteiger partial charge in [-0.2, -0.15) is 0 Å². The molecule has 2 aliphatic heterocycles. The van der Waals surface area contributed by atoms with Crippen LogP contribution in [0.4, 0.5) is 21.6 Å². The zero-order chi connectivity index (χ0) is 18.3. The van der Waals surface area contributed by atoms with Gasteiger partial charge in [0, 0.05) is 18.4 Å². The molecule has 0 spiro atoms. The standard InChI is InChI=1S/C18H16ClFN4O2/c19-11-8-15-17(21-9-11)23-7-1-2-14(23)18(26)24(15)10-16(25)22-13-5-3-12(20)4-6-13/h3-6,8-9,14H,1-2,7,10H2,(H,22,25). The molecule has 134 valence electrons. The predicted molar refractivity (Wildman–Crippen MR) is 97.0 cm³/mol. The summed E-state index contributed by atoms with van der Waals surface area (Å²) in [5, 5.41) is 3.08. The monoisotopic (exact) mass is 374 g/mol. The number of nitrogens with one attached hydrogen (secondary N) is 1. The number of carbonyl (C=O) groups is 2. The molecule has 1 fully saturated rings. The minimum absolute atomic E-state index is 0.131. The first-order chi connectivity index (χ1) is 12.5. The second kappa shape index (κ2) is 6.57. The summed E-state index contributed by atoms with van der Waals surface area (Å²) < 4.78 is 13.0. The van der Waals surface area contributed by atoms with E-state index in [0.29, 0.717) is 22.2 Å². The third kappa shape index (κ3) is 2.99. The van der Waals surface area contributed by atoms with E-state index in [1.54, 1.807) is 12.3 Å². The van der Waals surface area contributed by atoms with Crippen LogP contribution in [0, 0.1) is 5.82 Å². The number of nitrogens with zero attached hydrogens (tertiary/aromatic N) is 3. The summed E-state index contributed by atoms with van der Waals surface area (Å²) in [6, 6.07) is 6.82. The molecule has 1 unspecified atom stereocenters. The van der Waals surface area contributed by atoms with Crippen LogP contribution in [0.3, 0.4) is 0 Å². The van der Waals surface area contributed by atoms with Gasteiger partial charge in [-0.3, -0.25) is 14.5 Å². The Bertz CT molecular complexity index is 874. The fraction of sp³-hybridized carbons (Fsp3) is 0.278. The fourth-order valence-corrected chi connectivity index (χ4v) is 3.61. The number of carbonyl (C=O) groups excluding carboxylic acids is 2. The number of halogens is 2. The molecule has 1 aromatic heterocycles. The molecule has 8 heteroatoms. The Morgan fingerprint density at radius 3 is 2.88 bits per heavy atom. The molecule has 26 heavy (non-hydrogen) atoms. The van der Waals surface area contributed by atoms with Crippen molar-refractivity contribution >= 4 is 40.6 Å². The first-order valence-corrected chi connectivity index (χ1v) is 8.70. The number of pyridine rings is 1. The lowest BCUT2D eigenvalue weighted by molar-refractivity contribution is -0.122. The Morgan fingerprint density at radius 2 is 2.12 bits per heavy atom. The van der Waals surface area contributed by atoms with E-state index in [-0.39, 0.29) is 30.2 Å². The highest BCUT2D eigenvalue weighted by molar-refractivity contribution is 6.31. The molecule has 1 aromatic carbocycles. The molecule has 0 radical (unpaired) electrons. The number of rotatable bonds is 3. The number of benzene rings is 1. The lowest BCUT2D eigenvalue weighted by Crippen LogP contribution is -2.53. The van der Waals surface area contributed by atoms with Gasteiger partial charge in [0.15, 0.2) is 5.82 Å². The van der Waals surface area contributed by atoms with Crippen molar-refractivity contribution in [3.8, 4) is 0 Å². The first-order valence-electron chi connectivity index (χ1n) is 8.32. The van der Waals surface area contributed by atoms with Crippen LogP contribution in [0.5, 0.6) is 0 Å². The summed E-state index contributed by atoms with van der Waals surface area (Å²) in [6.45, 7) is 0.600. The topological polar surface area (TPSA) is 65.5 Å². The molecule has 0 aliphatic carbocycles. The highest BCUT2D eigenvalue weighted by Crippen LogP contribution is 2.39. The van der Waals surface area contributed by atoms with Crippen LogP contribution in [0.2, 0.25) is 5.02 Å². The third-order valence-electron chi connectivity index (χ3n) is 4.61. The van der Waals surface area contributed by atoms with Crippen LogP contribution >= 0.6 is 11.6 Å². The van der Waals surface area contributed by atoms with Crippen molar-refractivity contribution in [1.82, 2.24) is 4.98 Å². The third-order valence-corrected chi connectivity index (χ3v) is 4.82. The Morgan fingerprint density at radius 1 is 1.35 bits per heavy atom. The maximum absolute atomic E-state index is 13.0. The summed E-state index contributed by atoms with van der Waals surface area (Å²) in [5.74, 6) is -0.216. The van der Waals surface area contributed by atoms with E-state index >= 15 is 0 Å². The van der Waals surface area contributed by atoms with Gasteiger partial charge in [-0.1, -0.05) is 11.6 Å². The number of aromatic nitrogens is 1. The molecule has 2 amide bonds. The molecule has 3 heterocycles. The van der Waals surface area contributed by atoms with E-state index in [1.165, 1.54) is 29.2 Å². The van der Waals surface area contributed by atoms with Crippen molar-refractivity contribution in [3.63, 3.8) is 0 Å². The van der Waals surface area contributed by atoms with E-state index in [4.69, 9.17) is 11.6 Å². The van der Waals surface area contributed by atoms with Gasteiger partial charge in [0.25, 0.3) is 0 Å². The van der Waals surface area contributed by atoms with Crippen LogP contribution in [0.15, 0.2) is 36.5 Å². The SMILES string of the molecule is O=C(CN1C(=O)C2CCCN2c2ncc(Cl)cc21)Nc1ccc(F)cc1. The van der Waals surface area contributed by atoms with Crippen molar-refractivity contribution in [1.29, 1.82) is 0 Å². The van der Waals surface area contributed by atoms with Gasteiger partial charge in [-0.15, -0.1) is 0 Å². The summed E-state index contributed by atoms with van der Waals surface area (Å²) in [6.07, 6.45) is 3.18. The molecule has 0 bridgehead atoms. The average molecular weight is 375 g/mol. The number of amides is 2. The normalized spacial score (nSPS) is 18.5. The maximum Gasteiger partial charge on any atom is 0.250 e. The summed E-state index contributed by atoms with van der Waals surface area (Å²) in [4.78, 5) is 33.1. The van der Waals surface area contributed by atoms with E-state index in [2.05, 4.69) is 10.3 Å². The number of fused-ring (bicyclic) bond motifs is 3. The molecular formula is C18H16ClFN4O2. The fourth-order valence-electron chi connectivity index (χ4n) is 3.46. The molecule has 0 saturated carbocycles. The molecule has 2 aliphatic rings. The lowest BCUT2D eigenvalue weighted by atomic mass is 10.1. The molecule has 6 nitrogen and oxygen atoms in total. The van der Waals surface area contributed by atoms with Crippen molar-refractivity contribution in [2.45, 2.75) is 18.9 Å². The Kier molecular flexibility index (Phi) is 4.24. The molecule has 4 rings (SSSR count). The second-order valence-corrected chi connectivity index (χ2v) is 6.76. The van der Waals surface area contributed by atoms with Gasteiger partial charge < -0.3 is 10.2 Å². The smallest absolute Gasteiger partial charge is 0.250 e. The van der Waals surface area contributed by atoms with Crippen LogP contribution in [0.1, 0.15) is 12.8 Å². The number of anilines is 3. The lowest BCUT2D eigenvalue weighted by Gasteiger charge is -2.38. The predicted octanol–water partition coefficient (Wildman–Crippen LogP) is 2.83. The quantitative estimate of drug-likeness (QED) is 0.897. The van der Waals surface area contributed by atoms with Crippen LogP contribution < -0.4 is 15.1 Å². The molecule has 1 saturated heterocycles. The van der Waals surface area contributed by atoms with Gasteiger partial charge >= 0.3 is 0 Å². The van der Waals surface area contributed by atoms with Gasteiger partial charge in [0.05, 0.1) is 10.7 Å². The summed E-state index contributed by atoms with van der Waals surface area (Å²) in [7, 11) is 0. The van der Waals surface area contributed by atoms with Crippen molar-refractivity contribution in [2.75, 3.05) is 28.2 Å². The van der Waals surface area contributed by atoms with Crippen LogP contribution in [-0.4, -0.2) is 35.9 Å². The highest BCUT2D eigenvalue weighted by atomic mass is 35.5. The van der Waals surface area contributed by atoms with Crippen LogP contribution in [0.25, 0.3) is 0 Å². The zero-order valence-electron chi connectivity index (χ0n) is 13.8. The maximum atomic E-state index is 13.0. The van der Waals surface area contributed by atoms with Gasteiger partial charge in [0.1, 0.15) is 18.4 Å². The van der Waals surface area contributed by atoms with Gasteiger partial charge in [0.2, 0.25) is 11.8 Å². The number of hydrogen-bond donors (Lipinski definition) is 1. The molecule has 1 atom stereocenters. The Labute approximate surface area is 154 Å². The first kappa shape index (κ1) is 16.8. The number of hydrogen-bond acceptors (Lipinski definition) is 4. The van der Waals surface area contributed by atoms with Crippen molar-refractivity contribution in [3.05, 3.63) is 47.4 Å². The van der Waals surface area contributed by atoms with Crippen molar-refractivity contribution < 1.29 is 14.0 Å². The van der Waals surface area contributed by atoms with Crippen molar-refractivity contribution in [2.24, 2.45) is 0 Å². The molecule has 1 N–H and O–H groups in total. The van der Waals surface area contributed by atoms with Gasteiger partial charge in [-0.05, 0) is 43.2 Å². The van der Waals surface area contributed by atoms with Gasteiger partial charge in [-0.25, -0.2) is 9.37 Å². The van der Waals surface area contributed by atoms with Crippen LogP contribution in [-0.2, 0) is 9.59 Å². The second-order valence-electron chi connectivity index (χ2n) is 6.33. The Balaban J connectivity index is 1.60. The molecular weight excluding hydrogens is 359 g/mol. The summed E-state index contributed by atoms with van der Waals surface area (Å²) >= 11 is 6.06. The average Bonchev–Trinajstić information content (AvgIpc) is 3.10. The van der Waals surface area contributed by atoms with E-state index < -0.39 is 0 Å². The highest BCUT2D eigenvalue weighted by Gasteiger charge is 2.42. The minimum Gasteiger partial charge on any atom is -0.343 e. The van der Waals surface area contributed by atoms with E-state index in [1.807, 2.05) is 4.90 Å². The largest absolute Gasteiger partial charge is 0.343 e. The Hall–Kier alpha value is -2.67. The zero-order valence-corrected chi connectivity index (χ0v) is 14.5.